The molecule has 1 unspecified atom stereocenters. The number of ether oxygens (including phenoxy) is 1. The quantitative estimate of drug-likeness (QED) is 0.0604. The first-order valence-corrected chi connectivity index (χ1v) is 15.2. The lowest BCUT2D eigenvalue weighted by Crippen LogP contribution is -2.21. The van der Waals surface area contributed by atoms with Crippen molar-refractivity contribution >= 4 is 27.8 Å². The Morgan fingerprint density at radius 2 is 1.30 bits per heavy atom. The fourth-order valence-corrected chi connectivity index (χ4v) is 5.16. The summed E-state index contributed by atoms with van der Waals surface area (Å²) in [5.41, 5.74) is 6.31. The van der Waals surface area contributed by atoms with E-state index in [-0.39, 0.29) is 35.4 Å². The SMILES string of the molecule is N#CC1=C(N)Oc2c(ccc3ccccc23)C1c1cc(F)c(F)c(F)c1.O=Cc1cc(F)c(F)c(F)c1.Oc1cccc2ccccc12.[C-]#[N+]CC#N. The van der Waals surface area contributed by atoms with Gasteiger partial charge in [0.15, 0.2) is 34.9 Å². The lowest BCUT2D eigenvalue weighted by Gasteiger charge is -2.27. The number of nitrogens with two attached hydrogens (primary N) is 1. The third-order valence-corrected chi connectivity index (χ3v) is 7.51. The molecule has 0 saturated heterocycles. The van der Waals surface area contributed by atoms with Crippen LogP contribution in [0.4, 0.5) is 26.3 Å². The number of carbonyl (C=O) groups is 1. The molecule has 13 heteroatoms. The molecule has 0 fully saturated rings. The lowest BCUT2D eigenvalue weighted by atomic mass is 9.82. The summed E-state index contributed by atoms with van der Waals surface area (Å²) in [6.45, 7) is 5.99. The van der Waals surface area contributed by atoms with E-state index in [0.717, 1.165) is 33.7 Å². The molecule has 1 heterocycles. The zero-order chi connectivity index (χ0) is 38.7. The molecule has 0 amide bonds. The molecule has 1 atom stereocenters. The van der Waals surface area contributed by atoms with Crippen LogP contribution in [-0.4, -0.2) is 17.9 Å². The van der Waals surface area contributed by atoms with Crippen molar-refractivity contribution in [1.82, 2.24) is 0 Å². The second kappa shape index (κ2) is 17.6. The Kier molecular flexibility index (Phi) is 12.8. The summed E-state index contributed by atoms with van der Waals surface area (Å²) in [4.78, 5) is 12.7. The Labute approximate surface area is 298 Å². The number of nitriles is 2. The summed E-state index contributed by atoms with van der Waals surface area (Å²) in [7, 11) is 0. The molecule has 1 aliphatic heterocycles. The second-order valence-electron chi connectivity index (χ2n) is 10.8. The van der Waals surface area contributed by atoms with Gasteiger partial charge < -0.3 is 20.4 Å². The second-order valence-corrected chi connectivity index (χ2v) is 10.8. The van der Waals surface area contributed by atoms with Crippen LogP contribution in [0.2, 0.25) is 0 Å². The normalized spacial score (nSPS) is 12.5. The maximum Gasteiger partial charge on any atom is 0.298 e. The molecule has 264 valence electrons. The number of phenolic OH excluding ortho intramolecular Hbond substituents is 1. The molecule has 0 aromatic heterocycles. The smallest absolute Gasteiger partial charge is 0.298 e. The minimum absolute atomic E-state index is 0.0122. The first-order chi connectivity index (χ1) is 25.4. The van der Waals surface area contributed by atoms with Crippen molar-refractivity contribution in [2.75, 3.05) is 6.54 Å². The first-order valence-electron chi connectivity index (χ1n) is 15.2. The van der Waals surface area contributed by atoms with Crippen molar-refractivity contribution < 1.29 is 41.0 Å². The molecular formula is C40H24F6N4O3. The van der Waals surface area contributed by atoms with Crippen LogP contribution in [0, 0.1) is 64.1 Å². The molecule has 1 aliphatic rings. The summed E-state index contributed by atoms with van der Waals surface area (Å²) < 4.78 is 83.3. The highest BCUT2D eigenvalue weighted by atomic mass is 19.2. The van der Waals surface area contributed by atoms with Crippen LogP contribution in [0.5, 0.6) is 11.5 Å². The Balaban J connectivity index is 0.000000191. The van der Waals surface area contributed by atoms with Gasteiger partial charge in [-0.25, -0.2) is 32.9 Å². The number of phenols is 1. The number of halogens is 6. The molecule has 0 spiro atoms. The highest BCUT2D eigenvalue weighted by Crippen LogP contribution is 2.45. The van der Waals surface area contributed by atoms with Crippen molar-refractivity contribution in [2.24, 2.45) is 5.73 Å². The van der Waals surface area contributed by atoms with Gasteiger partial charge in [0.1, 0.15) is 35.5 Å². The van der Waals surface area contributed by atoms with Crippen LogP contribution < -0.4 is 10.5 Å². The number of rotatable bonds is 2. The van der Waals surface area contributed by atoms with Gasteiger partial charge in [-0.1, -0.05) is 72.8 Å². The number of hydrogen-bond acceptors (Lipinski definition) is 6. The molecule has 7 nitrogen and oxygen atoms in total. The van der Waals surface area contributed by atoms with E-state index in [1.54, 1.807) is 18.2 Å². The molecular weight excluding hydrogens is 698 g/mol. The van der Waals surface area contributed by atoms with Gasteiger partial charge in [0.05, 0.1) is 5.92 Å². The number of nitrogens with zero attached hydrogens (tertiary/aromatic N) is 3. The van der Waals surface area contributed by atoms with Gasteiger partial charge in [-0.15, -0.1) is 0 Å². The van der Waals surface area contributed by atoms with Gasteiger partial charge in [-0.2, -0.15) is 10.5 Å². The van der Waals surface area contributed by atoms with Gasteiger partial charge in [0.2, 0.25) is 5.88 Å². The number of aromatic hydroxyl groups is 1. The summed E-state index contributed by atoms with van der Waals surface area (Å²) in [5, 5.41) is 30.1. The average Bonchev–Trinajstić information content (AvgIpc) is 3.16. The van der Waals surface area contributed by atoms with Gasteiger partial charge in [-0.05, 0) is 46.7 Å². The molecule has 0 saturated carbocycles. The van der Waals surface area contributed by atoms with Crippen LogP contribution in [0.1, 0.15) is 27.4 Å². The van der Waals surface area contributed by atoms with E-state index in [2.05, 4.69) is 4.85 Å². The topological polar surface area (TPSA) is 124 Å². The fourth-order valence-electron chi connectivity index (χ4n) is 5.16. The predicted octanol–water partition coefficient (Wildman–Crippen LogP) is 9.37. The molecule has 0 bridgehead atoms. The molecule has 6 aromatic rings. The van der Waals surface area contributed by atoms with Gasteiger partial charge >= 0.3 is 0 Å². The zero-order valence-corrected chi connectivity index (χ0v) is 27.1. The van der Waals surface area contributed by atoms with E-state index < -0.39 is 40.8 Å². The summed E-state index contributed by atoms with van der Waals surface area (Å²) in [5.74, 6) is -8.73. The van der Waals surface area contributed by atoms with Crippen LogP contribution in [0.15, 0.2) is 115 Å². The number of benzene rings is 6. The van der Waals surface area contributed by atoms with Crippen LogP contribution in [-0.2, 0) is 0 Å². The highest BCUT2D eigenvalue weighted by molar-refractivity contribution is 5.91. The molecule has 53 heavy (non-hydrogen) atoms. The van der Waals surface area contributed by atoms with Crippen molar-refractivity contribution in [3.63, 3.8) is 0 Å². The van der Waals surface area contributed by atoms with Gasteiger partial charge in [0.25, 0.3) is 6.54 Å². The van der Waals surface area contributed by atoms with Gasteiger partial charge in [0, 0.05) is 21.9 Å². The maximum atomic E-state index is 13.8. The van der Waals surface area contributed by atoms with Gasteiger partial charge in [-0.3, -0.25) is 4.79 Å². The highest BCUT2D eigenvalue weighted by Gasteiger charge is 2.33. The third kappa shape index (κ3) is 8.90. The monoisotopic (exact) mass is 722 g/mol. The van der Waals surface area contributed by atoms with Crippen LogP contribution in [0.3, 0.4) is 0 Å². The molecule has 0 radical (unpaired) electrons. The van der Waals surface area contributed by atoms with Crippen molar-refractivity contribution in [1.29, 1.82) is 10.5 Å². The van der Waals surface area contributed by atoms with Crippen LogP contribution in [0.25, 0.3) is 26.4 Å². The van der Waals surface area contributed by atoms with Crippen molar-refractivity contribution in [3.05, 3.63) is 178 Å². The fraction of sp³-hybridized carbons (Fsp3) is 0.0500. The minimum Gasteiger partial charge on any atom is -0.507 e. The number of fused-ring (bicyclic) bond motifs is 4. The van der Waals surface area contributed by atoms with E-state index >= 15 is 0 Å². The molecule has 0 aliphatic carbocycles. The number of carbonyl (C=O) groups excluding carboxylic acids is 1. The van der Waals surface area contributed by atoms with Crippen molar-refractivity contribution in [3.8, 4) is 23.6 Å². The predicted molar refractivity (Wildman–Crippen MR) is 184 cm³/mol. The Morgan fingerprint density at radius 1 is 0.774 bits per heavy atom. The van der Waals surface area contributed by atoms with E-state index in [0.29, 0.717) is 29.2 Å². The third-order valence-electron chi connectivity index (χ3n) is 7.51. The Hall–Kier alpha value is -7.30. The lowest BCUT2D eigenvalue weighted by molar-refractivity contribution is 0.112. The van der Waals surface area contributed by atoms with E-state index in [9.17, 15) is 41.5 Å². The number of allylic oxidation sites excluding steroid dienone is 1. The van der Waals surface area contributed by atoms with E-state index in [1.807, 2.05) is 72.8 Å². The number of aldehydes is 1. The Morgan fingerprint density at radius 3 is 1.81 bits per heavy atom. The molecule has 7 rings (SSSR count). The maximum absolute atomic E-state index is 13.8. The minimum atomic E-state index is -1.56. The first kappa shape index (κ1) is 38.5. The van der Waals surface area contributed by atoms with E-state index in [4.69, 9.17) is 22.3 Å². The molecule has 3 N–H and O–H groups in total. The number of hydrogen-bond donors (Lipinski definition) is 2. The standard InChI is InChI=1S/C20H11F3N2O.C10H8O.C7H3F3O.C3H2N2/c21-15-7-11(8-16(22)18(15)23)17-13-6-5-10-3-1-2-4-12(10)19(13)26-20(25)14(17)9-24;11-10-7-3-5-8-4-1-2-6-9(8)10;8-5-1-4(3-11)2-6(9)7(5)10;1-5-3-2-4/h1-8,17H,25H2;1-7,11H;1-3H;3H2. The van der Waals surface area contributed by atoms with E-state index in [1.165, 1.54) is 0 Å². The Bertz CT molecular complexity index is 2420. The summed E-state index contributed by atoms with van der Waals surface area (Å²) in [6.07, 6.45) is 0.242. The van der Waals surface area contributed by atoms with Crippen LogP contribution >= 0.6 is 0 Å². The average molecular weight is 723 g/mol. The van der Waals surface area contributed by atoms with Crippen molar-refractivity contribution in [2.45, 2.75) is 5.92 Å². The summed E-state index contributed by atoms with van der Waals surface area (Å²) in [6, 6.07) is 30.8. The molecule has 6 aromatic carbocycles. The zero-order valence-electron chi connectivity index (χ0n) is 27.1. The largest absolute Gasteiger partial charge is 0.507 e. The summed E-state index contributed by atoms with van der Waals surface area (Å²) >= 11 is 0.